The van der Waals surface area contributed by atoms with Crippen molar-refractivity contribution in [3.05, 3.63) is 22.3 Å². The summed E-state index contributed by atoms with van der Waals surface area (Å²) in [6, 6.07) is 1.14. The van der Waals surface area contributed by atoms with E-state index >= 15 is 0 Å². The number of nitrogens with one attached hydrogen (secondary N) is 1. The van der Waals surface area contributed by atoms with Crippen molar-refractivity contribution in [3.63, 3.8) is 0 Å². The fourth-order valence-electron chi connectivity index (χ4n) is 3.04. The Kier molecular flexibility index (Phi) is 5.52. The molecule has 1 atom stereocenters. The number of aromatic nitrogens is 1. The first-order valence-electron chi connectivity index (χ1n) is 7.41. The predicted molar refractivity (Wildman–Crippen MR) is 81.2 cm³/mol. The molecule has 1 aliphatic rings. The first-order chi connectivity index (χ1) is 9.91. The summed E-state index contributed by atoms with van der Waals surface area (Å²) in [4.78, 5) is 3.95. The molecule has 1 aromatic rings. The number of rotatable bonds is 4. The first-order valence-corrected chi connectivity index (χ1v) is 8.20. The summed E-state index contributed by atoms with van der Waals surface area (Å²) >= 11 is 3.06. The van der Waals surface area contributed by atoms with E-state index in [0.29, 0.717) is 10.4 Å². The topological polar surface area (TPSA) is 24.9 Å². The minimum absolute atomic E-state index is 0.0527. The van der Waals surface area contributed by atoms with E-state index in [2.05, 4.69) is 26.2 Å². The SMILES string of the molecule is CCC(Nc1ncc(Br)cc1C(F)(F)F)C1CCCCC1. The Morgan fingerprint density at radius 2 is 2.00 bits per heavy atom. The van der Waals surface area contributed by atoms with Gasteiger partial charge in [0.1, 0.15) is 5.82 Å². The van der Waals surface area contributed by atoms with Crippen molar-refractivity contribution >= 4 is 21.7 Å². The van der Waals surface area contributed by atoms with Gasteiger partial charge in [0.2, 0.25) is 0 Å². The Labute approximate surface area is 131 Å². The predicted octanol–water partition coefficient (Wildman–Crippen LogP) is 5.63. The van der Waals surface area contributed by atoms with Gasteiger partial charge in [-0.1, -0.05) is 26.2 Å². The monoisotopic (exact) mass is 364 g/mol. The van der Waals surface area contributed by atoms with Gasteiger partial charge in [-0.3, -0.25) is 0 Å². The fourth-order valence-corrected chi connectivity index (χ4v) is 3.37. The number of halogens is 4. The molecular weight excluding hydrogens is 345 g/mol. The lowest BCUT2D eigenvalue weighted by atomic mass is 9.83. The molecule has 118 valence electrons. The molecule has 1 fully saturated rings. The molecule has 0 aliphatic heterocycles. The third-order valence-corrected chi connectivity index (χ3v) is 4.57. The second-order valence-electron chi connectivity index (χ2n) is 5.60. The molecule has 0 radical (unpaired) electrons. The smallest absolute Gasteiger partial charge is 0.367 e. The number of hydrogen-bond donors (Lipinski definition) is 1. The average molecular weight is 365 g/mol. The largest absolute Gasteiger partial charge is 0.419 e. The van der Waals surface area contributed by atoms with Gasteiger partial charge in [-0.2, -0.15) is 13.2 Å². The number of alkyl halides is 3. The van der Waals surface area contributed by atoms with Gasteiger partial charge in [0, 0.05) is 16.7 Å². The van der Waals surface area contributed by atoms with E-state index in [0.717, 1.165) is 25.3 Å². The van der Waals surface area contributed by atoms with Crippen LogP contribution in [-0.2, 0) is 6.18 Å². The molecule has 1 aliphatic carbocycles. The second kappa shape index (κ2) is 6.99. The molecule has 1 unspecified atom stereocenters. The highest BCUT2D eigenvalue weighted by Crippen LogP contribution is 2.37. The van der Waals surface area contributed by atoms with Crippen molar-refractivity contribution in [1.29, 1.82) is 0 Å². The fraction of sp³-hybridized carbons (Fsp3) is 0.667. The van der Waals surface area contributed by atoms with E-state index in [4.69, 9.17) is 0 Å². The summed E-state index contributed by atoms with van der Waals surface area (Å²) in [5, 5.41) is 3.05. The molecule has 0 bridgehead atoms. The molecule has 0 aromatic carbocycles. The molecule has 1 N–H and O–H groups in total. The average Bonchev–Trinajstić information content (AvgIpc) is 2.46. The van der Waals surface area contributed by atoms with E-state index in [1.54, 1.807) is 0 Å². The standard InChI is InChI=1S/C15H20BrF3N2/c1-2-13(10-6-4-3-5-7-10)21-14-12(15(17,18)19)8-11(16)9-20-14/h8-10,13H,2-7H2,1H3,(H,20,21). The quantitative estimate of drug-likeness (QED) is 0.748. The third kappa shape index (κ3) is 4.34. The van der Waals surface area contributed by atoms with Crippen LogP contribution in [0.15, 0.2) is 16.7 Å². The first kappa shape index (κ1) is 16.6. The van der Waals surface area contributed by atoms with Crippen molar-refractivity contribution in [1.82, 2.24) is 4.98 Å². The molecule has 0 amide bonds. The van der Waals surface area contributed by atoms with Gasteiger partial charge in [0.05, 0.1) is 5.56 Å². The highest BCUT2D eigenvalue weighted by molar-refractivity contribution is 9.10. The van der Waals surface area contributed by atoms with Crippen molar-refractivity contribution < 1.29 is 13.2 Å². The maximum Gasteiger partial charge on any atom is 0.419 e. The lowest BCUT2D eigenvalue weighted by Gasteiger charge is -2.31. The Morgan fingerprint density at radius 3 is 2.57 bits per heavy atom. The number of hydrogen-bond acceptors (Lipinski definition) is 2. The van der Waals surface area contributed by atoms with Crippen LogP contribution in [0.1, 0.15) is 51.0 Å². The minimum atomic E-state index is -4.40. The van der Waals surface area contributed by atoms with Crippen LogP contribution in [0.5, 0.6) is 0 Å². The maximum absolute atomic E-state index is 13.1. The molecular formula is C15H20BrF3N2. The van der Waals surface area contributed by atoms with Gasteiger partial charge >= 0.3 is 6.18 Å². The summed E-state index contributed by atoms with van der Waals surface area (Å²) < 4.78 is 39.7. The van der Waals surface area contributed by atoms with Gasteiger partial charge in [0.25, 0.3) is 0 Å². The van der Waals surface area contributed by atoms with E-state index in [-0.39, 0.29) is 11.9 Å². The molecule has 2 nitrogen and oxygen atoms in total. The van der Waals surface area contributed by atoms with Crippen LogP contribution in [0.2, 0.25) is 0 Å². The third-order valence-electron chi connectivity index (χ3n) is 4.14. The van der Waals surface area contributed by atoms with Crippen LogP contribution in [0.3, 0.4) is 0 Å². The Balaban J connectivity index is 2.20. The summed E-state index contributed by atoms with van der Waals surface area (Å²) in [6.45, 7) is 2.01. The molecule has 6 heteroatoms. The van der Waals surface area contributed by atoms with Crippen LogP contribution in [-0.4, -0.2) is 11.0 Å². The van der Waals surface area contributed by atoms with Crippen LogP contribution in [0.25, 0.3) is 0 Å². The summed E-state index contributed by atoms with van der Waals surface area (Å²) in [6.07, 6.45) is 3.56. The summed E-state index contributed by atoms with van der Waals surface area (Å²) in [5.41, 5.74) is -0.703. The highest BCUT2D eigenvalue weighted by Gasteiger charge is 2.35. The van der Waals surface area contributed by atoms with E-state index in [9.17, 15) is 13.2 Å². The normalized spacial score (nSPS) is 18.5. The van der Waals surface area contributed by atoms with E-state index < -0.39 is 11.7 Å². The zero-order valence-electron chi connectivity index (χ0n) is 12.0. The highest BCUT2D eigenvalue weighted by atomic mass is 79.9. The van der Waals surface area contributed by atoms with Crippen molar-refractivity contribution in [3.8, 4) is 0 Å². The Bertz CT molecular complexity index is 470. The van der Waals surface area contributed by atoms with Gasteiger partial charge in [-0.25, -0.2) is 4.98 Å². The van der Waals surface area contributed by atoms with Crippen LogP contribution >= 0.6 is 15.9 Å². The summed E-state index contributed by atoms with van der Waals surface area (Å²) in [5.74, 6) is 0.387. The molecule has 0 saturated heterocycles. The van der Waals surface area contributed by atoms with E-state index in [1.807, 2.05) is 6.92 Å². The maximum atomic E-state index is 13.1. The zero-order valence-corrected chi connectivity index (χ0v) is 13.6. The zero-order chi connectivity index (χ0) is 15.5. The van der Waals surface area contributed by atoms with E-state index in [1.165, 1.54) is 25.5 Å². The van der Waals surface area contributed by atoms with Gasteiger partial charge < -0.3 is 5.32 Å². The molecule has 1 aromatic heterocycles. The van der Waals surface area contributed by atoms with Gasteiger partial charge in [0.15, 0.2) is 0 Å². The molecule has 1 heterocycles. The van der Waals surface area contributed by atoms with Crippen LogP contribution in [0.4, 0.5) is 19.0 Å². The summed E-state index contributed by atoms with van der Waals surface area (Å²) in [7, 11) is 0. The lowest BCUT2D eigenvalue weighted by Crippen LogP contribution is -2.31. The molecule has 1 saturated carbocycles. The van der Waals surface area contributed by atoms with Crippen molar-refractivity contribution in [2.24, 2.45) is 5.92 Å². The van der Waals surface area contributed by atoms with Crippen LogP contribution in [0, 0.1) is 5.92 Å². The lowest BCUT2D eigenvalue weighted by molar-refractivity contribution is -0.137. The number of pyridine rings is 1. The Morgan fingerprint density at radius 1 is 1.33 bits per heavy atom. The second-order valence-corrected chi connectivity index (χ2v) is 6.52. The van der Waals surface area contributed by atoms with Crippen molar-refractivity contribution in [2.45, 2.75) is 57.7 Å². The van der Waals surface area contributed by atoms with Crippen molar-refractivity contribution in [2.75, 3.05) is 5.32 Å². The molecule has 2 rings (SSSR count). The number of anilines is 1. The molecule has 0 spiro atoms. The van der Waals surface area contributed by atoms with Crippen LogP contribution < -0.4 is 5.32 Å². The van der Waals surface area contributed by atoms with Gasteiger partial charge in [-0.15, -0.1) is 0 Å². The Hall–Kier alpha value is -0.780. The minimum Gasteiger partial charge on any atom is -0.367 e. The number of nitrogens with zero attached hydrogens (tertiary/aromatic N) is 1. The molecule has 21 heavy (non-hydrogen) atoms. The van der Waals surface area contributed by atoms with Gasteiger partial charge in [-0.05, 0) is 47.2 Å².